The number of piperidine rings is 1. The van der Waals surface area contributed by atoms with Crippen molar-refractivity contribution in [2.24, 2.45) is 5.92 Å². The number of hydrogen-bond acceptors (Lipinski definition) is 3. The van der Waals surface area contributed by atoms with Gasteiger partial charge in [0, 0.05) is 25.8 Å². The van der Waals surface area contributed by atoms with E-state index in [1.165, 1.54) is 0 Å². The maximum absolute atomic E-state index is 12.5. The van der Waals surface area contributed by atoms with Crippen LogP contribution in [0.3, 0.4) is 0 Å². The molecule has 1 amide bonds. The molecule has 22 heavy (non-hydrogen) atoms. The zero-order chi connectivity index (χ0) is 15.1. The minimum Gasteiger partial charge on any atom is -0.380 e. The predicted octanol–water partition coefficient (Wildman–Crippen LogP) is 2.72. The number of ether oxygens (including phenoxy) is 1. The SMILES string of the molecule is CCNCC1CCN(C(=O)c2ccc(COC)cc2)CC1.Cl. The molecular weight excluding hydrogens is 300 g/mol. The molecule has 0 unspecified atom stereocenters. The molecule has 1 heterocycles. The van der Waals surface area contributed by atoms with Crippen molar-refractivity contribution >= 4 is 18.3 Å². The lowest BCUT2D eigenvalue weighted by atomic mass is 9.96. The van der Waals surface area contributed by atoms with Crippen LogP contribution in [0.2, 0.25) is 0 Å². The Morgan fingerprint density at radius 1 is 1.27 bits per heavy atom. The van der Waals surface area contributed by atoms with Gasteiger partial charge in [0.2, 0.25) is 0 Å². The summed E-state index contributed by atoms with van der Waals surface area (Å²) >= 11 is 0. The van der Waals surface area contributed by atoms with E-state index in [0.717, 1.165) is 50.1 Å². The van der Waals surface area contributed by atoms with Crippen LogP contribution in [0.25, 0.3) is 0 Å². The molecule has 1 aliphatic heterocycles. The van der Waals surface area contributed by atoms with E-state index in [4.69, 9.17) is 4.74 Å². The van der Waals surface area contributed by atoms with Gasteiger partial charge in [0.05, 0.1) is 6.61 Å². The predicted molar refractivity (Wildman–Crippen MR) is 91.6 cm³/mol. The van der Waals surface area contributed by atoms with Crippen molar-refractivity contribution in [1.29, 1.82) is 0 Å². The molecule has 1 aromatic rings. The average Bonchev–Trinajstić information content (AvgIpc) is 2.54. The van der Waals surface area contributed by atoms with Crippen molar-refractivity contribution in [2.75, 3.05) is 33.3 Å². The summed E-state index contributed by atoms with van der Waals surface area (Å²) in [6, 6.07) is 7.74. The molecule has 1 aromatic carbocycles. The van der Waals surface area contributed by atoms with Crippen molar-refractivity contribution in [3.63, 3.8) is 0 Å². The lowest BCUT2D eigenvalue weighted by molar-refractivity contribution is 0.0690. The van der Waals surface area contributed by atoms with E-state index in [-0.39, 0.29) is 18.3 Å². The number of carbonyl (C=O) groups is 1. The standard InChI is InChI=1S/C17H26N2O2.ClH/c1-3-18-12-14-8-10-19(11-9-14)17(20)16-6-4-15(5-7-16)13-21-2;/h4-7,14,18H,3,8-13H2,1-2H3;1H. The number of likely N-dealkylation sites (tertiary alicyclic amines) is 1. The fourth-order valence-electron chi connectivity index (χ4n) is 2.78. The normalized spacial score (nSPS) is 15.5. The van der Waals surface area contributed by atoms with E-state index in [0.29, 0.717) is 12.5 Å². The van der Waals surface area contributed by atoms with Crippen LogP contribution < -0.4 is 5.32 Å². The van der Waals surface area contributed by atoms with Crippen LogP contribution in [-0.4, -0.2) is 44.1 Å². The summed E-state index contributed by atoms with van der Waals surface area (Å²) in [5.41, 5.74) is 1.87. The highest BCUT2D eigenvalue weighted by atomic mass is 35.5. The van der Waals surface area contributed by atoms with Gasteiger partial charge in [-0.3, -0.25) is 4.79 Å². The van der Waals surface area contributed by atoms with E-state index in [9.17, 15) is 4.79 Å². The number of nitrogens with one attached hydrogen (secondary N) is 1. The molecule has 0 aliphatic carbocycles. The van der Waals surface area contributed by atoms with Crippen LogP contribution in [0, 0.1) is 5.92 Å². The van der Waals surface area contributed by atoms with Crippen molar-refractivity contribution in [1.82, 2.24) is 10.2 Å². The summed E-state index contributed by atoms with van der Waals surface area (Å²) in [6.07, 6.45) is 2.20. The Balaban J connectivity index is 0.00000242. The Morgan fingerprint density at radius 2 is 1.91 bits per heavy atom. The Labute approximate surface area is 139 Å². The van der Waals surface area contributed by atoms with Crippen LogP contribution in [0.15, 0.2) is 24.3 Å². The zero-order valence-corrected chi connectivity index (χ0v) is 14.3. The van der Waals surface area contributed by atoms with Gasteiger partial charge in [-0.25, -0.2) is 0 Å². The van der Waals surface area contributed by atoms with Gasteiger partial charge in [-0.2, -0.15) is 0 Å². The first-order valence-electron chi connectivity index (χ1n) is 7.82. The van der Waals surface area contributed by atoms with Crippen LogP contribution in [0.5, 0.6) is 0 Å². The number of halogens is 1. The van der Waals surface area contributed by atoms with Gasteiger partial charge in [0.15, 0.2) is 0 Å². The third-order valence-corrected chi connectivity index (χ3v) is 4.10. The van der Waals surface area contributed by atoms with Gasteiger partial charge in [-0.05, 0) is 49.5 Å². The second-order valence-corrected chi connectivity index (χ2v) is 5.67. The number of benzene rings is 1. The molecule has 4 nitrogen and oxygen atoms in total. The Hall–Kier alpha value is -1.10. The number of amides is 1. The first-order chi connectivity index (χ1) is 10.2. The molecule has 2 rings (SSSR count). The Kier molecular flexibility index (Phi) is 8.46. The largest absolute Gasteiger partial charge is 0.380 e. The van der Waals surface area contributed by atoms with Gasteiger partial charge in [0.1, 0.15) is 0 Å². The molecular formula is C17H27ClN2O2. The minimum absolute atomic E-state index is 0. The quantitative estimate of drug-likeness (QED) is 0.874. The molecule has 1 fully saturated rings. The van der Waals surface area contributed by atoms with Gasteiger partial charge in [0.25, 0.3) is 5.91 Å². The lowest BCUT2D eigenvalue weighted by Crippen LogP contribution is -2.40. The maximum atomic E-state index is 12.5. The van der Waals surface area contributed by atoms with E-state index < -0.39 is 0 Å². The molecule has 5 heteroatoms. The molecule has 124 valence electrons. The molecule has 1 saturated heterocycles. The topological polar surface area (TPSA) is 41.6 Å². The van der Waals surface area contributed by atoms with E-state index in [1.54, 1.807) is 7.11 Å². The highest BCUT2D eigenvalue weighted by molar-refractivity contribution is 5.94. The van der Waals surface area contributed by atoms with Gasteiger partial charge in [-0.1, -0.05) is 19.1 Å². The van der Waals surface area contributed by atoms with Crippen molar-refractivity contribution in [3.8, 4) is 0 Å². The number of nitrogens with zero attached hydrogens (tertiary/aromatic N) is 1. The highest BCUT2D eigenvalue weighted by Crippen LogP contribution is 2.18. The zero-order valence-electron chi connectivity index (χ0n) is 13.5. The van der Waals surface area contributed by atoms with E-state index >= 15 is 0 Å². The number of rotatable bonds is 6. The third kappa shape index (κ3) is 5.27. The second-order valence-electron chi connectivity index (χ2n) is 5.67. The monoisotopic (exact) mass is 326 g/mol. The summed E-state index contributed by atoms with van der Waals surface area (Å²) in [6.45, 7) is 6.55. The molecule has 0 spiro atoms. The third-order valence-electron chi connectivity index (χ3n) is 4.10. The summed E-state index contributed by atoms with van der Waals surface area (Å²) in [5.74, 6) is 0.860. The molecule has 0 radical (unpaired) electrons. The van der Waals surface area contributed by atoms with Crippen molar-refractivity contribution in [2.45, 2.75) is 26.4 Å². The maximum Gasteiger partial charge on any atom is 0.253 e. The Morgan fingerprint density at radius 3 is 2.45 bits per heavy atom. The smallest absolute Gasteiger partial charge is 0.253 e. The summed E-state index contributed by atoms with van der Waals surface area (Å²) < 4.78 is 5.09. The first-order valence-corrected chi connectivity index (χ1v) is 7.82. The summed E-state index contributed by atoms with van der Waals surface area (Å²) in [7, 11) is 1.68. The summed E-state index contributed by atoms with van der Waals surface area (Å²) in [5, 5.41) is 3.40. The average molecular weight is 327 g/mol. The minimum atomic E-state index is 0. The number of carbonyl (C=O) groups excluding carboxylic acids is 1. The second kappa shape index (κ2) is 9.82. The fourth-order valence-corrected chi connectivity index (χ4v) is 2.78. The van der Waals surface area contributed by atoms with Gasteiger partial charge in [-0.15, -0.1) is 12.4 Å². The van der Waals surface area contributed by atoms with Gasteiger partial charge >= 0.3 is 0 Å². The highest BCUT2D eigenvalue weighted by Gasteiger charge is 2.23. The Bertz CT molecular complexity index is 442. The van der Waals surface area contributed by atoms with Gasteiger partial charge < -0.3 is 15.0 Å². The van der Waals surface area contributed by atoms with Crippen LogP contribution >= 0.6 is 12.4 Å². The molecule has 0 saturated carbocycles. The van der Waals surface area contributed by atoms with Crippen LogP contribution in [-0.2, 0) is 11.3 Å². The van der Waals surface area contributed by atoms with Crippen LogP contribution in [0.4, 0.5) is 0 Å². The molecule has 0 aromatic heterocycles. The van der Waals surface area contributed by atoms with Crippen molar-refractivity contribution < 1.29 is 9.53 Å². The lowest BCUT2D eigenvalue weighted by Gasteiger charge is -2.32. The fraction of sp³-hybridized carbons (Fsp3) is 0.588. The molecule has 0 bridgehead atoms. The number of hydrogen-bond donors (Lipinski definition) is 1. The number of methoxy groups -OCH3 is 1. The molecule has 1 aliphatic rings. The molecule has 1 N–H and O–H groups in total. The molecule has 0 atom stereocenters. The van der Waals surface area contributed by atoms with Crippen molar-refractivity contribution in [3.05, 3.63) is 35.4 Å². The van der Waals surface area contributed by atoms with E-state index in [1.807, 2.05) is 29.2 Å². The summed E-state index contributed by atoms with van der Waals surface area (Å²) in [4.78, 5) is 14.4. The van der Waals surface area contributed by atoms with E-state index in [2.05, 4.69) is 12.2 Å². The van der Waals surface area contributed by atoms with Crippen LogP contribution in [0.1, 0.15) is 35.7 Å². The first kappa shape index (κ1) is 18.9.